The molecule has 1 aromatic carbocycles. The van der Waals surface area contributed by atoms with Gasteiger partial charge in [-0.1, -0.05) is 12.1 Å². The zero-order chi connectivity index (χ0) is 15.0. The Hall–Kier alpha value is -1.84. The molecule has 113 valence electrons. The van der Waals surface area contributed by atoms with Crippen LogP contribution in [-0.4, -0.2) is 15.9 Å². The van der Waals surface area contributed by atoms with Crippen molar-refractivity contribution in [2.24, 2.45) is 0 Å². The quantitative estimate of drug-likeness (QED) is 0.419. The number of hydrogen-bond acceptors (Lipinski definition) is 3. The van der Waals surface area contributed by atoms with Crippen LogP contribution in [0.5, 0.6) is 0 Å². The Morgan fingerprint density at radius 3 is 2.38 bits per heavy atom. The number of halogens is 1. The summed E-state index contributed by atoms with van der Waals surface area (Å²) in [5, 5.41) is 8.36. The van der Waals surface area contributed by atoms with Crippen molar-refractivity contribution in [3.63, 3.8) is 0 Å². The molecule has 21 heavy (non-hydrogen) atoms. The number of carbonyl (C=O) groups is 1. The number of hydrogen-bond donors (Lipinski definition) is 1. The number of allylic oxidation sites excluding steroid dienone is 2. The maximum Gasteiger partial charge on any atom is 0.155 e. The van der Waals surface area contributed by atoms with Gasteiger partial charge in [-0.25, -0.2) is 0 Å². The van der Waals surface area contributed by atoms with E-state index in [1.54, 1.807) is 12.3 Å². The molecule has 0 aliphatic rings. The van der Waals surface area contributed by atoms with Crippen LogP contribution in [0.4, 0.5) is 4.39 Å². The van der Waals surface area contributed by atoms with E-state index in [9.17, 15) is 9.18 Å². The van der Waals surface area contributed by atoms with Gasteiger partial charge in [0.1, 0.15) is 0 Å². The number of aromatic nitrogens is 1. The van der Waals surface area contributed by atoms with Gasteiger partial charge in [0.25, 0.3) is 0 Å². The first kappa shape index (κ1) is 19.2. The van der Waals surface area contributed by atoms with E-state index in [4.69, 9.17) is 5.11 Å². The normalized spacial score (nSPS) is 9.95. The van der Waals surface area contributed by atoms with Gasteiger partial charge in [0.05, 0.1) is 5.76 Å². The van der Waals surface area contributed by atoms with E-state index in [0.717, 1.165) is 11.3 Å². The van der Waals surface area contributed by atoms with Crippen molar-refractivity contribution in [2.45, 2.75) is 13.8 Å². The summed E-state index contributed by atoms with van der Waals surface area (Å²) in [5.41, 5.74) is 1.62. The molecule has 0 unspecified atom stereocenters. The minimum Gasteiger partial charge on any atom is -0.512 e. The number of ketones is 1. The van der Waals surface area contributed by atoms with Gasteiger partial charge in [-0.05, 0) is 25.6 Å². The van der Waals surface area contributed by atoms with E-state index in [1.165, 1.54) is 32.1 Å². The van der Waals surface area contributed by atoms with Crippen LogP contribution < -0.4 is 0 Å². The SMILES string of the molecule is CC(=O)/C=C(/C)O.Fc1c[c-]c(-c2ccccn2)cc1.[Ir]. The molecule has 0 atom stereocenters. The average molecular weight is 465 g/mol. The van der Waals surface area contributed by atoms with Crippen molar-refractivity contribution < 1.29 is 34.4 Å². The van der Waals surface area contributed by atoms with E-state index >= 15 is 0 Å². The standard InChI is InChI=1S/C11H7FN.C5H8O2.Ir/c12-10-6-4-9(5-7-10)11-3-1-2-8-13-11;1-4(6)3-5(2)7;/h1-4,6-8H;3,6H,1-2H3;/q-1;;/b;4-3-;. The molecule has 0 fully saturated rings. The summed E-state index contributed by atoms with van der Waals surface area (Å²) in [6, 6.07) is 12.8. The van der Waals surface area contributed by atoms with Crippen molar-refractivity contribution >= 4 is 5.78 Å². The Bertz CT molecular complexity index is 579. The zero-order valence-corrected chi connectivity index (χ0v) is 14.0. The van der Waals surface area contributed by atoms with Crippen LogP contribution >= 0.6 is 0 Å². The minimum atomic E-state index is -0.278. The number of benzene rings is 1. The predicted molar refractivity (Wildman–Crippen MR) is 75.5 cm³/mol. The van der Waals surface area contributed by atoms with Gasteiger partial charge >= 0.3 is 0 Å². The first-order valence-electron chi connectivity index (χ1n) is 5.95. The van der Waals surface area contributed by atoms with E-state index in [0.29, 0.717) is 0 Å². The van der Waals surface area contributed by atoms with Gasteiger partial charge in [0.15, 0.2) is 5.78 Å². The van der Waals surface area contributed by atoms with Crippen LogP contribution in [0.25, 0.3) is 11.3 Å². The number of aliphatic hydroxyl groups excluding tert-OH is 1. The molecule has 0 saturated carbocycles. The molecule has 1 N–H and O–H groups in total. The summed E-state index contributed by atoms with van der Waals surface area (Å²) in [4.78, 5) is 14.1. The summed E-state index contributed by atoms with van der Waals surface area (Å²) in [6.07, 6.45) is 2.87. The molecule has 1 radical (unpaired) electrons. The third kappa shape index (κ3) is 8.12. The molecular formula is C16H15FIrNO2-. The Kier molecular flexibility index (Phi) is 9.10. The van der Waals surface area contributed by atoms with Crippen molar-refractivity contribution in [2.75, 3.05) is 0 Å². The molecule has 0 aliphatic heterocycles. The third-order valence-electron chi connectivity index (χ3n) is 2.13. The van der Waals surface area contributed by atoms with Gasteiger partial charge in [-0.2, -0.15) is 0 Å². The van der Waals surface area contributed by atoms with Crippen molar-refractivity contribution in [1.82, 2.24) is 4.98 Å². The fourth-order valence-electron chi connectivity index (χ4n) is 1.38. The van der Waals surface area contributed by atoms with Gasteiger partial charge in [-0.15, -0.1) is 29.8 Å². The third-order valence-corrected chi connectivity index (χ3v) is 2.13. The molecule has 2 aromatic rings. The second-order valence-corrected chi connectivity index (χ2v) is 4.03. The Morgan fingerprint density at radius 2 is 2.00 bits per heavy atom. The predicted octanol–water partition coefficient (Wildman–Crippen LogP) is 3.72. The minimum absolute atomic E-state index is 0. The summed E-state index contributed by atoms with van der Waals surface area (Å²) in [5.74, 6) is -0.341. The molecule has 1 heterocycles. The van der Waals surface area contributed by atoms with Crippen LogP contribution in [0.3, 0.4) is 0 Å². The number of rotatable bonds is 2. The molecule has 0 spiro atoms. The summed E-state index contributed by atoms with van der Waals surface area (Å²) in [7, 11) is 0. The zero-order valence-electron chi connectivity index (χ0n) is 11.6. The van der Waals surface area contributed by atoms with E-state index in [2.05, 4.69) is 11.1 Å². The summed E-state index contributed by atoms with van der Waals surface area (Å²) < 4.78 is 12.6. The Labute approximate surface area is 136 Å². The average Bonchev–Trinajstić information content (AvgIpc) is 2.40. The second-order valence-electron chi connectivity index (χ2n) is 4.03. The molecule has 1 aromatic heterocycles. The largest absolute Gasteiger partial charge is 0.512 e. The molecule has 3 nitrogen and oxygen atoms in total. The Morgan fingerprint density at radius 1 is 1.29 bits per heavy atom. The first-order valence-corrected chi connectivity index (χ1v) is 5.95. The maximum atomic E-state index is 12.6. The van der Waals surface area contributed by atoms with Gasteiger partial charge in [-0.3, -0.25) is 9.18 Å². The topological polar surface area (TPSA) is 50.2 Å². The van der Waals surface area contributed by atoms with Crippen LogP contribution in [0, 0.1) is 11.9 Å². The molecule has 0 amide bonds. The van der Waals surface area contributed by atoms with Gasteiger partial charge < -0.3 is 10.1 Å². The number of pyridine rings is 1. The van der Waals surface area contributed by atoms with Crippen LogP contribution in [0.2, 0.25) is 0 Å². The second kappa shape index (κ2) is 9.97. The first-order chi connectivity index (χ1) is 9.49. The number of aliphatic hydroxyl groups is 1. The molecule has 5 heteroatoms. The maximum absolute atomic E-state index is 12.6. The van der Waals surface area contributed by atoms with Gasteiger partial charge in [0.2, 0.25) is 0 Å². The number of carbonyl (C=O) groups excluding carboxylic acids is 1. The molecule has 0 aliphatic carbocycles. The van der Waals surface area contributed by atoms with Crippen molar-refractivity contribution in [3.05, 3.63) is 66.3 Å². The molecular weight excluding hydrogens is 449 g/mol. The summed E-state index contributed by atoms with van der Waals surface area (Å²) in [6.45, 7) is 2.85. The van der Waals surface area contributed by atoms with E-state index in [1.807, 2.05) is 18.2 Å². The van der Waals surface area contributed by atoms with Crippen molar-refractivity contribution in [3.8, 4) is 11.3 Å². The van der Waals surface area contributed by atoms with Crippen molar-refractivity contribution in [1.29, 1.82) is 0 Å². The fraction of sp³-hybridized carbons (Fsp3) is 0.125. The van der Waals surface area contributed by atoms with Crippen LogP contribution in [0.15, 0.2) is 54.4 Å². The van der Waals surface area contributed by atoms with Gasteiger partial charge in [0, 0.05) is 38.2 Å². The monoisotopic (exact) mass is 465 g/mol. The van der Waals surface area contributed by atoms with Crippen LogP contribution in [-0.2, 0) is 24.9 Å². The molecule has 2 rings (SSSR count). The molecule has 0 bridgehead atoms. The fourth-order valence-corrected chi connectivity index (χ4v) is 1.38. The van der Waals surface area contributed by atoms with E-state index in [-0.39, 0.29) is 37.5 Å². The van der Waals surface area contributed by atoms with E-state index < -0.39 is 0 Å². The van der Waals surface area contributed by atoms with Crippen LogP contribution in [0.1, 0.15) is 13.8 Å². The number of nitrogens with zero attached hydrogens (tertiary/aromatic N) is 1. The molecule has 0 saturated heterocycles. The summed E-state index contributed by atoms with van der Waals surface area (Å²) >= 11 is 0. The Balaban J connectivity index is 0.000000436. The smallest absolute Gasteiger partial charge is 0.155 e.